The molecule has 0 unspecified atom stereocenters. The number of carbonyl (C=O) groups excluding carboxylic acids is 1. The molecule has 1 heterocycles. The molecule has 1 rings (SSSR count). The zero-order valence-corrected chi connectivity index (χ0v) is 9.07. The monoisotopic (exact) mass is 227 g/mol. The Morgan fingerprint density at radius 1 is 1.56 bits per heavy atom. The predicted molar refractivity (Wildman–Crippen MR) is 54.3 cm³/mol. The molecule has 0 fully saturated rings. The summed E-state index contributed by atoms with van der Waals surface area (Å²) in [6.07, 6.45) is -0.562. The van der Waals surface area contributed by atoms with Crippen LogP contribution in [0.15, 0.2) is 10.5 Å². The summed E-state index contributed by atoms with van der Waals surface area (Å²) >= 11 is 0. The first-order valence-corrected chi connectivity index (χ1v) is 4.77. The fourth-order valence-corrected chi connectivity index (χ4v) is 1.18. The van der Waals surface area contributed by atoms with E-state index in [4.69, 9.17) is 9.52 Å². The van der Waals surface area contributed by atoms with Crippen LogP contribution in [0.5, 0.6) is 0 Å². The van der Waals surface area contributed by atoms with Gasteiger partial charge < -0.3 is 19.6 Å². The molecule has 0 aromatic carbocycles. The minimum Gasteiger partial charge on any atom is -0.478 e. The fourth-order valence-electron chi connectivity index (χ4n) is 1.18. The number of alkyl carbamates (subject to hydrolysis) is 1. The third-order valence-corrected chi connectivity index (χ3v) is 1.88. The maximum absolute atomic E-state index is 11.0. The van der Waals surface area contributed by atoms with Gasteiger partial charge in [-0.2, -0.15) is 0 Å². The van der Waals surface area contributed by atoms with Gasteiger partial charge in [0, 0.05) is 0 Å². The Morgan fingerprint density at radius 3 is 2.75 bits per heavy atom. The van der Waals surface area contributed by atoms with Crippen LogP contribution in [-0.4, -0.2) is 23.8 Å². The van der Waals surface area contributed by atoms with E-state index >= 15 is 0 Å². The molecule has 16 heavy (non-hydrogen) atoms. The van der Waals surface area contributed by atoms with Crippen LogP contribution < -0.4 is 5.32 Å². The van der Waals surface area contributed by atoms with Gasteiger partial charge in [0.15, 0.2) is 0 Å². The van der Waals surface area contributed by atoms with Crippen molar-refractivity contribution >= 4 is 12.1 Å². The lowest BCUT2D eigenvalue weighted by atomic mass is 10.2. The first-order valence-electron chi connectivity index (χ1n) is 4.77. The molecule has 1 amide bonds. The van der Waals surface area contributed by atoms with Crippen molar-refractivity contribution < 1.29 is 23.8 Å². The summed E-state index contributed by atoms with van der Waals surface area (Å²) in [5, 5.41) is 11.2. The molecule has 0 atom stereocenters. The van der Waals surface area contributed by atoms with Crippen LogP contribution in [0, 0.1) is 6.92 Å². The minimum atomic E-state index is -1.05. The Labute approximate surface area is 92.2 Å². The van der Waals surface area contributed by atoms with Crippen molar-refractivity contribution in [2.45, 2.75) is 20.4 Å². The van der Waals surface area contributed by atoms with Crippen molar-refractivity contribution in [3.63, 3.8) is 0 Å². The highest BCUT2D eigenvalue weighted by atomic mass is 16.5. The highest BCUT2D eigenvalue weighted by Crippen LogP contribution is 2.14. The van der Waals surface area contributed by atoms with Crippen molar-refractivity contribution in [3.05, 3.63) is 23.2 Å². The van der Waals surface area contributed by atoms with Crippen molar-refractivity contribution in [2.75, 3.05) is 6.61 Å². The summed E-state index contributed by atoms with van der Waals surface area (Å²) < 4.78 is 9.79. The van der Waals surface area contributed by atoms with E-state index in [-0.39, 0.29) is 18.7 Å². The molecule has 0 aliphatic heterocycles. The Bertz CT molecular complexity index is 396. The SMILES string of the molecule is CCOC(=O)NCc1cc(C(=O)O)c(C)o1. The lowest BCUT2D eigenvalue weighted by Gasteiger charge is -2.02. The second-order valence-electron chi connectivity index (χ2n) is 3.06. The normalized spacial score (nSPS) is 9.88. The van der Waals surface area contributed by atoms with Gasteiger partial charge in [0.1, 0.15) is 17.1 Å². The highest BCUT2D eigenvalue weighted by molar-refractivity contribution is 5.88. The molecule has 0 aliphatic rings. The second kappa shape index (κ2) is 5.20. The summed E-state index contributed by atoms with van der Waals surface area (Å²) in [6.45, 7) is 3.63. The van der Waals surface area contributed by atoms with E-state index in [0.717, 1.165) is 0 Å². The highest BCUT2D eigenvalue weighted by Gasteiger charge is 2.13. The third kappa shape index (κ3) is 3.01. The van der Waals surface area contributed by atoms with Crippen LogP contribution in [-0.2, 0) is 11.3 Å². The Hall–Kier alpha value is -1.98. The van der Waals surface area contributed by atoms with Crippen molar-refractivity contribution in [3.8, 4) is 0 Å². The van der Waals surface area contributed by atoms with E-state index in [0.29, 0.717) is 11.5 Å². The summed E-state index contributed by atoms with van der Waals surface area (Å²) in [5.74, 6) is -0.361. The van der Waals surface area contributed by atoms with Gasteiger partial charge in [-0.1, -0.05) is 0 Å². The maximum Gasteiger partial charge on any atom is 0.407 e. The molecular weight excluding hydrogens is 214 g/mol. The van der Waals surface area contributed by atoms with Crippen LogP contribution >= 0.6 is 0 Å². The number of carbonyl (C=O) groups is 2. The molecule has 0 saturated heterocycles. The number of rotatable bonds is 4. The number of hydrogen-bond donors (Lipinski definition) is 2. The maximum atomic E-state index is 11.0. The average molecular weight is 227 g/mol. The molecule has 6 nitrogen and oxygen atoms in total. The molecule has 0 saturated carbocycles. The summed E-state index contributed by atoms with van der Waals surface area (Å²) in [4.78, 5) is 21.7. The molecule has 88 valence electrons. The number of ether oxygens (including phenoxy) is 1. The Morgan fingerprint density at radius 2 is 2.25 bits per heavy atom. The first kappa shape index (κ1) is 12.1. The van der Waals surface area contributed by atoms with E-state index in [2.05, 4.69) is 10.1 Å². The number of nitrogens with one attached hydrogen (secondary N) is 1. The summed E-state index contributed by atoms with van der Waals surface area (Å²) in [7, 11) is 0. The number of amides is 1. The third-order valence-electron chi connectivity index (χ3n) is 1.88. The Kier molecular flexibility index (Phi) is 3.93. The fraction of sp³-hybridized carbons (Fsp3) is 0.400. The van der Waals surface area contributed by atoms with Crippen LogP contribution in [0.3, 0.4) is 0 Å². The second-order valence-corrected chi connectivity index (χ2v) is 3.06. The van der Waals surface area contributed by atoms with Gasteiger partial charge in [-0.05, 0) is 19.9 Å². The number of aromatic carboxylic acids is 1. The number of hydrogen-bond acceptors (Lipinski definition) is 4. The van der Waals surface area contributed by atoms with E-state index in [1.165, 1.54) is 6.07 Å². The number of aryl methyl sites for hydroxylation is 1. The van der Waals surface area contributed by atoms with Gasteiger partial charge in [0.05, 0.1) is 13.2 Å². The molecule has 0 spiro atoms. The molecule has 1 aromatic heterocycles. The topological polar surface area (TPSA) is 88.8 Å². The van der Waals surface area contributed by atoms with Gasteiger partial charge >= 0.3 is 12.1 Å². The van der Waals surface area contributed by atoms with Crippen LogP contribution in [0.1, 0.15) is 28.8 Å². The van der Waals surface area contributed by atoms with E-state index in [1.807, 2.05) is 0 Å². The summed E-state index contributed by atoms with van der Waals surface area (Å²) in [5.41, 5.74) is 0.0978. The van der Waals surface area contributed by atoms with Gasteiger partial charge in [0.2, 0.25) is 0 Å². The van der Waals surface area contributed by atoms with Gasteiger partial charge in [-0.3, -0.25) is 0 Å². The summed E-state index contributed by atoms with van der Waals surface area (Å²) in [6, 6.07) is 1.38. The zero-order chi connectivity index (χ0) is 12.1. The molecule has 2 N–H and O–H groups in total. The first-order chi connectivity index (χ1) is 7.54. The largest absolute Gasteiger partial charge is 0.478 e. The molecule has 0 aliphatic carbocycles. The average Bonchev–Trinajstić information content (AvgIpc) is 2.57. The number of carboxylic acid groups (broad SMARTS) is 1. The lowest BCUT2D eigenvalue weighted by molar-refractivity contribution is 0.0695. The van der Waals surface area contributed by atoms with Crippen LogP contribution in [0.25, 0.3) is 0 Å². The van der Waals surface area contributed by atoms with Gasteiger partial charge in [-0.25, -0.2) is 9.59 Å². The Balaban J connectivity index is 2.58. The van der Waals surface area contributed by atoms with E-state index in [1.54, 1.807) is 13.8 Å². The standard InChI is InChI=1S/C10H13NO5/c1-3-15-10(14)11-5-7-4-8(9(12)13)6(2)16-7/h4H,3,5H2,1-2H3,(H,11,14)(H,12,13). The van der Waals surface area contributed by atoms with Crippen molar-refractivity contribution in [1.82, 2.24) is 5.32 Å². The quantitative estimate of drug-likeness (QED) is 0.814. The molecule has 6 heteroatoms. The smallest absolute Gasteiger partial charge is 0.407 e. The van der Waals surface area contributed by atoms with Crippen LogP contribution in [0.4, 0.5) is 4.79 Å². The zero-order valence-electron chi connectivity index (χ0n) is 9.07. The molecule has 0 bridgehead atoms. The molecule has 1 aromatic rings. The van der Waals surface area contributed by atoms with E-state index < -0.39 is 12.1 Å². The van der Waals surface area contributed by atoms with Gasteiger partial charge in [0.25, 0.3) is 0 Å². The molecule has 0 radical (unpaired) electrons. The van der Waals surface area contributed by atoms with Gasteiger partial charge in [-0.15, -0.1) is 0 Å². The number of carboxylic acids is 1. The van der Waals surface area contributed by atoms with Crippen molar-refractivity contribution in [2.24, 2.45) is 0 Å². The number of furan rings is 1. The molecular formula is C10H13NO5. The van der Waals surface area contributed by atoms with E-state index in [9.17, 15) is 9.59 Å². The predicted octanol–water partition coefficient (Wildman–Crippen LogP) is 1.53. The van der Waals surface area contributed by atoms with Crippen LogP contribution in [0.2, 0.25) is 0 Å². The van der Waals surface area contributed by atoms with Crippen molar-refractivity contribution in [1.29, 1.82) is 0 Å². The lowest BCUT2D eigenvalue weighted by Crippen LogP contribution is -2.23. The minimum absolute atomic E-state index is 0.0978.